The normalized spacial score (nSPS) is 17.2. The molecule has 0 spiro atoms. The molecule has 2 aliphatic rings. The van der Waals surface area contributed by atoms with E-state index in [0.717, 1.165) is 10.6 Å². The van der Waals surface area contributed by atoms with Gasteiger partial charge in [-0.05, 0) is 36.4 Å². The van der Waals surface area contributed by atoms with Gasteiger partial charge in [-0.3, -0.25) is 14.5 Å². The second-order valence-corrected chi connectivity index (χ2v) is 10.7. The van der Waals surface area contributed by atoms with Crippen LogP contribution in [-0.2, 0) is 24.3 Å². The summed E-state index contributed by atoms with van der Waals surface area (Å²) in [6.07, 6.45) is 0. The smallest absolute Gasteiger partial charge is 0.325 e. The first-order valence-electron chi connectivity index (χ1n) is 9.94. The summed E-state index contributed by atoms with van der Waals surface area (Å²) < 4.78 is 32.8. The highest BCUT2D eigenvalue weighted by Crippen LogP contribution is 2.37. The Kier molecular flexibility index (Phi) is 6.66. The minimum absolute atomic E-state index is 0.0950. The summed E-state index contributed by atoms with van der Waals surface area (Å²) in [6.45, 7) is 1.46. The zero-order valence-corrected chi connectivity index (χ0v) is 19.8. The molecule has 4 rings (SSSR count). The number of fused-ring (bicyclic) bond motifs is 1. The Morgan fingerprint density at radius 1 is 1.12 bits per heavy atom. The quantitative estimate of drug-likeness (QED) is 0.589. The van der Waals surface area contributed by atoms with Crippen LogP contribution in [0.5, 0.6) is 0 Å². The Hall–Kier alpha value is -2.27. The molecule has 1 saturated heterocycles. The fourth-order valence-electron chi connectivity index (χ4n) is 3.72. The molecule has 170 valence electrons. The van der Waals surface area contributed by atoms with Crippen LogP contribution in [0.25, 0.3) is 0 Å². The zero-order valence-electron chi connectivity index (χ0n) is 17.4. The number of amides is 1. The fourth-order valence-corrected chi connectivity index (χ4v) is 6.26. The number of carbonyl (C=O) groups excluding carboxylic acids is 2. The average molecular weight is 496 g/mol. The van der Waals surface area contributed by atoms with Crippen LogP contribution in [0.2, 0.25) is 5.02 Å². The topological polar surface area (TPSA) is 87.2 Å². The summed E-state index contributed by atoms with van der Waals surface area (Å²) in [7, 11) is -2.52. The molecule has 0 unspecified atom stereocenters. The second-order valence-electron chi connectivity index (χ2n) is 7.35. The molecule has 32 heavy (non-hydrogen) atoms. The van der Waals surface area contributed by atoms with Crippen LogP contribution in [0.3, 0.4) is 0 Å². The van der Waals surface area contributed by atoms with Crippen molar-refractivity contribution < 1.29 is 22.7 Å². The van der Waals surface area contributed by atoms with Crippen LogP contribution in [-0.4, -0.2) is 70.2 Å². The number of nitrogens with zero attached hydrogens (tertiary/aromatic N) is 3. The lowest BCUT2D eigenvalue weighted by Crippen LogP contribution is -2.48. The molecule has 0 radical (unpaired) electrons. The largest absolute Gasteiger partial charge is 0.468 e. The Balaban J connectivity index is 1.55. The Bertz CT molecular complexity index is 1150. The molecular weight excluding hydrogens is 474 g/mol. The lowest BCUT2D eigenvalue weighted by Gasteiger charge is -2.35. The number of benzene rings is 2. The van der Waals surface area contributed by atoms with Crippen molar-refractivity contribution in [3.05, 3.63) is 47.5 Å². The van der Waals surface area contributed by atoms with Crippen molar-refractivity contribution in [2.45, 2.75) is 9.79 Å². The van der Waals surface area contributed by atoms with Gasteiger partial charge in [0.05, 0.1) is 23.4 Å². The molecule has 1 fully saturated rings. The van der Waals surface area contributed by atoms with Crippen molar-refractivity contribution >= 4 is 56.6 Å². The van der Waals surface area contributed by atoms with Crippen LogP contribution in [0.1, 0.15) is 0 Å². The molecule has 0 aromatic heterocycles. The number of ether oxygens (including phenoxy) is 1. The molecule has 0 N–H and O–H groups in total. The third-order valence-corrected chi connectivity index (χ3v) is 8.62. The summed E-state index contributed by atoms with van der Waals surface area (Å²) >= 11 is 7.39. The van der Waals surface area contributed by atoms with Crippen LogP contribution in [0.4, 0.5) is 11.4 Å². The molecule has 1 amide bonds. The number of hydrogen-bond donors (Lipinski definition) is 0. The van der Waals surface area contributed by atoms with Gasteiger partial charge >= 0.3 is 5.97 Å². The number of halogens is 1. The number of esters is 1. The SMILES string of the molecule is COC(=O)CN1C(=O)CSc2ccc(S(=O)(=O)N3CCN(c4cccc(Cl)c4)CC3)cc21. The molecule has 0 saturated carbocycles. The predicted octanol–water partition coefficient (Wildman–Crippen LogP) is 2.46. The van der Waals surface area contributed by atoms with Crippen molar-refractivity contribution in [2.24, 2.45) is 0 Å². The number of hydrogen-bond acceptors (Lipinski definition) is 7. The van der Waals surface area contributed by atoms with E-state index in [-0.39, 0.29) is 23.1 Å². The molecule has 2 aliphatic heterocycles. The molecule has 2 aromatic carbocycles. The van der Waals surface area contributed by atoms with E-state index in [4.69, 9.17) is 11.6 Å². The van der Waals surface area contributed by atoms with Gasteiger partial charge in [-0.1, -0.05) is 17.7 Å². The number of rotatable bonds is 5. The lowest BCUT2D eigenvalue weighted by molar-refractivity contribution is -0.139. The Morgan fingerprint density at radius 3 is 2.56 bits per heavy atom. The zero-order chi connectivity index (χ0) is 22.9. The summed E-state index contributed by atoms with van der Waals surface area (Å²) in [5.41, 5.74) is 1.37. The first-order chi connectivity index (χ1) is 15.3. The highest BCUT2D eigenvalue weighted by atomic mass is 35.5. The second kappa shape index (κ2) is 9.30. The van der Waals surface area contributed by atoms with E-state index >= 15 is 0 Å². The van der Waals surface area contributed by atoms with Gasteiger partial charge in [-0.2, -0.15) is 4.31 Å². The molecule has 0 atom stereocenters. The average Bonchev–Trinajstić information content (AvgIpc) is 2.80. The number of thioether (sulfide) groups is 1. The number of sulfonamides is 1. The lowest BCUT2D eigenvalue weighted by atomic mass is 10.2. The third-order valence-electron chi connectivity index (χ3n) is 5.44. The van der Waals surface area contributed by atoms with Gasteiger partial charge < -0.3 is 9.64 Å². The minimum atomic E-state index is -3.77. The van der Waals surface area contributed by atoms with Gasteiger partial charge in [0.15, 0.2) is 0 Å². The summed E-state index contributed by atoms with van der Waals surface area (Å²) in [6, 6.07) is 12.2. The van der Waals surface area contributed by atoms with Crippen molar-refractivity contribution in [1.82, 2.24) is 4.31 Å². The van der Waals surface area contributed by atoms with Crippen LogP contribution >= 0.6 is 23.4 Å². The van der Waals surface area contributed by atoms with Gasteiger partial charge in [-0.25, -0.2) is 8.42 Å². The maximum absolute atomic E-state index is 13.3. The maximum atomic E-state index is 13.3. The van der Waals surface area contributed by atoms with Gasteiger partial charge in [0, 0.05) is 41.8 Å². The Labute approximate surface area is 196 Å². The molecule has 0 aliphatic carbocycles. The molecule has 8 nitrogen and oxygen atoms in total. The van der Waals surface area contributed by atoms with Crippen LogP contribution < -0.4 is 9.80 Å². The fraction of sp³-hybridized carbons (Fsp3) is 0.333. The maximum Gasteiger partial charge on any atom is 0.325 e. The number of piperazine rings is 1. The van der Waals surface area contributed by atoms with Gasteiger partial charge in [-0.15, -0.1) is 11.8 Å². The standard InChI is InChI=1S/C21H22ClN3O5S2/c1-30-21(27)13-25-18-12-17(5-6-19(18)31-14-20(25)26)32(28,29)24-9-7-23(8-10-24)16-4-2-3-15(22)11-16/h2-6,11-12H,7-10,13-14H2,1H3. The van der Waals surface area contributed by atoms with Crippen molar-refractivity contribution in [3.63, 3.8) is 0 Å². The Morgan fingerprint density at radius 2 is 1.88 bits per heavy atom. The van der Waals surface area contributed by atoms with Crippen molar-refractivity contribution in [2.75, 3.05) is 55.4 Å². The van der Waals surface area contributed by atoms with E-state index in [2.05, 4.69) is 9.64 Å². The van der Waals surface area contributed by atoms with E-state index in [0.29, 0.717) is 36.9 Å². The molecule has 2 aromatic rings. The third kappa shape index (κ3) is 4.59. The van der Waals surface area contributed by atoms with E-state index < -0.39 is 16.0 Å². The van der Waals surface area contributed by atoms with E-state index in [1.807, 2.05) is 18.2 Å². The highest BCUT2D eigenvalue weighted by molar-refractivity contribution is 8.00. The molecule has 11 heteroatoms. The van der Waals surface area contributed by atoms with E-state index in [1.54, 1.807) is 18.2 Å². The monoisotopic (exact) mass is 495 g/mol. The first-order valence-corrected chi connectivity index (χ1v) is 12.7. The van der Waals surface area contributed by atoms with Crippen molar-refractivity contribution in [3.8, 4) is 0 Å². The van der Waals surface area contributed by atoms with Gasteiger partial charge in [0.25, 0.3) is 0 Å². The van der Waals surface area contributed by atoms with Gasteiger partial charge in [0.1, 0.15) is 6.54 Å². The van der Waals surface area contributed by atoms with Crippen molar-refractivity contribution in [1.29, 1.82) is 0 Å². The minimum Gasteiger partial charge on any atom is -0.468 e. The number of methoxy groups -OCH3 is 1. The van der Waals surface area contributed by atoms with Crippen LogP contribution in [0, 0.1) is 0 Å². The highest BCUT2D eigenvalue weighted by Gasteiger charge is 2.32. The first kappa shape index (κ1) is 22.9. The summed E-state index contributed by atoms with van der Waals surface area (Å²) in [5.74, 6) is -0.652. The van der Waals surface area contributed by atoms with Gasteiger partial charge in [0.2, 0.25) is 15.9 Å². The number of carbonyl (C=O) groups is 2. The molecule has 0 bridgehead atoms. The molecule has 2 heterocycles. The van der Waals surface area contributed by atoms with E-state index in [1.165, 1.54) is 34.1 Å². The van der Waals surface area contributed by atoms with Crippen LogP contribution in [0.15, 0.2) is 52.3 Å². The summed E-state index contributed by atoms with van der Waals surface area (Å²) in [5, 5.41) is 0.635. The molecular formula is C21H22ClN3O5S2. The predicted molar refractivity (Wildman–Crippen MR) is 124 cm³/mol. The van der Waals surface area contributed by atoms with E-state index in [9.17, 15) is 18.0 Å². The number of anilines is 2. The summed E-state index contributed by atoms with van der Waals surface area (Å²) in [4.78, 5) is 28.4.